The number of nitrogens with zero attached hydrogens (tertiary/aromatic N) is 3. The Kier molecular flexibility index (Phi) is 5.15. The van der Waals surface area contributed by atoms with Crippen LogP contribution in [0.15, 0.2) is 42.7 Å². The van der Waals surface area contributed by atoms with Crippen LogP contribution in [0.4, 0.5) is 24.8 Å². The van der Waals surface area contributed by atoms with Crippen molar-refractivity contribution in [1.29, 1.82) is 0 Å². The summed E-state index contributed by atoms with van der Waals surface area (Å²) < 4.78 is 40.5. The Hall–Kier alpha value is -3.30. The van der Waals surface area contributed by atoms with Gasteiger partial charge in [0.15, 0.2) is 5.69 Å². The Morgan fingerprint density at radius 2 is 1.88 bits per heavy atom. The van der Waals surface area contributed by atoms with Crippen molar-refractivity contribution in [3.8, 4) is 0 Å². The topological polar surface area (TPSA) is 83.4 Å². The van der Waals surface area contributed by atoms with Crippen LogP contribution in [0.3, 0.4) is 0 Å². The second-order valence-electron chi connectivity index (χ2n) is 8.38. The Labute approximate surface area is 182 Å². The molecule has 1 atom stereocenters. The van der Waals surface area contributed by atoms with Crippen LogP contribution in [0.1, 0.15) is 36.9 Å². The lowest BCUT2D eigenvalue weighted by molar-refractivity contribution is -0.140. The minimum Gasteiger partial charge on any atom is -0.368 e. The maximum Gasteiger partial charge on any atom is 0.434 e. The van der Waals surface area contributed by atoms with E-state index in [1.165, 1.54) is 4.40 Å². The maximum absolute atomic E-state index is 13.0. The van der Waals surface area contributed by atoms with Crippen LogP contribution in [-0.2, 0) is 17.4 Å². The molecule has 3 N–H and O–H groups in total. The number of aromatic nitrogens is 3. The number of alkyl halides is 3. The van der Waals surface area contributed by atoms with Crippen molar-refractivity contribution in [2.75, 3.05) is 10.6 Å². The minimum atomic E-state index is -4.48. The summed E-state index contributed by atoms with van der Waals surface area (Å²) in [5.41, 5.74) is 0.391. The molecule has 2 aliphatic rings. The van der Waals surface area contributed by atoms with E-state index in [1.54, 1.807) is 24.4 Å². The highest BCUT2D eigenvalue weighted by atomic mass is 19.4. The third-order valence-corrected chi connectivity index (χ3v) is 6.15. The Bertz CT molecular complexity index is 1110. The van der Waals surface area contributed by atoms with E-state index < -0.39 is 11.9 Å². The molecule has 1 saturated carbocycles. The van der Waals surface area contributed by atoms with Gasteiger partial charge in [0.2, 0.25) is 5.91 Å². The lowest BCUT2D eigenvalue weighted by Gasteiger charge is -2.31. The Morgan fingerprint density at radius 1 is 1.09 bits per heavy atom. The number of nitrogens with one attached hydrogen (secondary N) is 3. The van der Waals surface area contributed by atoms with Gasteiger partial charge >= 0.3 is 6.18 Å². The number of imidazole rings is 1. The Balaban J connectivity index is 1.16. The van der Waals surface area contributed by atoms with Crippen LogP contribution in [0.25, 0.3) is 5.65 Å². The summed E-state index contributed by atoms with van der Waals surface area (Å²) in [6.07, 6.45) is 2.08. The third kappa shape index (κ3) is 4.09. The molecule has 0 radical (unpaired) electrons. The van der Waals surface area contributed by atoms with Gasteiger partial charge in [-0.25, -0.2) is 9.97 Å². The molecule has 0 bridgehead atoms. The summed E-state index contributed by atoms with van der Waals surface area (Å²) in [4.78, 5) is 20.6. The highest BCUT2D eigenvalue weighted by Gasteiger charge is 2.34. The molecular weight excluding hydrogens is 421 g/mol. The molecule has 3 aromatic heterocycles. The molecule has 0 aromatic carbocycles. The fourth-order valence-electron chi connectivity index (χ4n) is 4.49. The summed E-state index contributed by atoms with van der Waals surface area (Å²) in [5.74, 6) is 1.32. The molecule has 5 rings (SSSR count). The number of hydrogen-bond donors (Lipinski definition) is 3. The second kappa shape index (κ2) is 7.99. The molecular formula is C22H23F3N6O. The first kappa shape index (κ1) is 20.6. The van der Waals surface area contributed by atoms with Gasteiger partial charge in [-0.3, -0.25) is 9.20 Å². The molecule has 1 fully saturated rings. The van der Waals surface area contributed by atoms with Gasteiger partial charge in [-0.05, 0) is 49.4 Å². The van der Waals surface area contributed by atoms with Crippen molar-refractivity contribution in [3.05, 3.63) is 54.0 Å². The van der Waals surface area contributed by atoms with Crippen LogP contribution in [0, 0.1) is 0 Å². The van der Waals surface area contributed by atoms with E-state index in [2.05, 4.69) is 25.9 Å². The van der Waals surface area contributed by atoms with Crippen LogP contribution >= 0.6 is 0 Å². The number of carbonyl (C=O) groups excluding carboxylic acids is 1. The average Bonchev–Trinajstić information content (AvgIpc) is 3.40. The molecule has 3 aromatic rings. The zero-order valence-corrected chi connectivity index (χ0v) is 17.2. The lowest BCUT2D eigenvalue weighted by Crippen LogP contribution is -2.46. The van der Waals surface area contributed by atoms with Gasteiger partial charge in [0.05, 0.1) is 0 Å². The number of amides is 1. The molecule has 168 valence electrons. The fraction of sp³-hybridized carbons (Fsp3) is 0.409. The first-order chi connectivity index (χ1) is 15.4. The molecule has 7 nitrogen and oxygen atoms in total. The van der Waals surface area contributed by atoms with Crippen molar-refractivity contribution in [2.45, 2.75) is 56.4 Å². The van der Waals surface area contributed by atoms with Crippen LogP contribution in [0.2, 0.25) is 0 Å². The van der Waals surface area contributed by atoms with Gasteiger partial charge in [0.25, 0.3) is 0 Å². The van der Waals surface area contributed by atoms with Crippen molar-refractivity contribution in [2.24, 2.45) is 0 Å². The fourth-order valence-corrected chi connectivity index (χ4v) is 4.49. The maximum atomic E-state index is 13.0. The summed E-state index contributed by atoms with van der Waals surface area (Å²) in [7, 11) is 0. The third-order valence-electron chi connectivity index (χ3n) is 6.15. The molecule has 1 amide bonds. The van der Waals surface area contributed by atoms with Crippen LogP contribution < -0.4 is 16.0 Å². The van der Waals surface area contributed by atoms with Crippen molar-refractivity contribution in [1.82, 2.24) is 19.7 Å². The highest BCUT2D eigenvalue weighted by molar-refractivity contribution is 5.87. The molecule has 1 aliphatic heterocycles. The number of anilines is 2. The molecule has 10 heteroatoms. The van der Waals surface area contributed by atoms with Crippen molar-refractivity contribution in [3.63, 3.8) is 0 Å². The molecule has 0 spiro atoms. The van der Waals surface area contributed by atoms with E-state index in [9.17, 15) is 18.0 Å². The molecule has 1 unspecified atom stereocenters. The van der Waals surface area contributed by atoms with Gasteiger partial charge < -0.3 is 16.0 Å². The zero-order valence-electron chi connectivity index (χ0n) is 17.2. The monoisotopic (exact) mass is 444 g/mol. The second-order valence-corrected chi connectivity index (χ2v) is 8.38. The van der Waals surface area contributed by atoms with Gasteiger partial charge in [0, 0.05) is 30.9 Å². The molecule has 32 heavy (non-hydrogen) atoms. The average molecular weight is 444 g/mol. The van der Waals surface area contributed by atoms with Crippen LogP contribution in [-0.4, -0.2) is 38.4 Å². The number of carbonyl (C=O) groups is 1. The van der Waals surface area contributed by atoms with Gasteiger partial charge in [-0.2, -0.15) is 13.2 Å². The highest BCUT2D eigenvalue weighted by Crippen LogP contribution is 2.30. The number of hydrogen-bond acceptors (Lipinski definition) is 5. The van der Waals surface area contributed by atoms with Crippen molar-refractivity contribution >= 4 is 23.2 Å². The Morgan fingerprint density at radius 3 is 2.62 bits per heavy atom. The predicted octanol–water partition coefficient (Wildman–Crippen LogP) is 3.62. The van der Waals surface area contributed by atoms with Gasteiger partial charge in [0.1, 0.15) is 23.3 Å². The van der Waals surface area contributed by atoms with Gasteiger partial charge in [-0.1, -0.05) is 12.1 Å². The summed E-state index contributed by atoms with van der Waals surface area (Å²) >= 11 is 0. The molecule has 1 aliphatic carbocycles. The first-order valence-electron chi connectivity index (χ1n) is 10.7. The number of rotatable bonds is 4. The largest absolute Gasteiger partial charge is 0.434 e. The molecule has 4 heterocycles. The standard InChI is InChI=1S/C22H23F3N6O/c23-22(24,25)17-12-31-18(4-1-5-19(31)30-17)27-14-6-8-15(9-7-14)28-21(32)16-11-13-3-2-10-26-20(13)29-16/h1-5,10,12,14-16,27H,6-9,11H2,(H,26,29)(H,28,32)/t14-,15+,16?. The van der Waals surface area contributed by atoms with Crippen LogP contribution in [0.5, 0.6) is 0 Å². The van der Waals surface area contributed by atoms with Gasteiger partial charge in [-0.15, -0.1) is 0 Å². The first-order valence-corrected chi connectivity index (χ1v) is 10.7. The number of halogens is 3. The number of pyridine rings is 2. The van der Waals surface area contributed by atoms with E-state index in [4.69, 9.17) is 0 Å². The SMILES string of the molecule is O=C(N[C@H]1CC[C@@H](Nc2cccc3nc(C(F)(F)F)cn23)CC1)C1Cc2cccnc2N1. The summed E-state index contributed by atoms with van der Waals surface area (Å²) in [6, 6.07) is 8.72. The summed E-state index contributed by atoms with van der Waals surface area (Å²) in [5, 5.41) is 9.65. The van der Waals surface area contributed by atoms with E-state index in [0.29, 0.717) is 12.2 Å². The summed E-state index contributed by atoms with van der Waals surface area (Å²) in [6.45, 7) is 0. The molecule has 0 saturated heterocycles. The van der Waals surface area contributed by atoms with Crippen molar-refractivity contribution < 1.29 is 18.0 Å². The normalized spacial score (nSPS) is 22.9. The minimum absolute atomic E-state index is 0.0257. The lowest BCUT2D eigenvalue weighted by atomic mass is 9.91. The van der Waals surface area contributed by atoms with E-state index in [-0.39, 0.29) is 29.7 Å². The van der Waals surface area contributed by atoms with E-state index in [1.807, 2.05) is 12.1 Å². The number of fused-ring (bicyclic) bond motifs is 2. The zero-order chi connectivity index (χ0) is 22.3. The predicted molar refractivity (Wildman–Crippen MR) is 113 cm³/mol. The smallest absolute Gasteiger partial charge is 0.368 e. The van der Waals surface area contributed by atoms with E-state index >= 15 is 0 Å². The quantitative estimate of drug-likeness (QED) is 0.573. The van der Waals surface area contributed by atoms with E-state index in [0.717, 1.165) is 43.3 Å².